The molecule has 0 unspecified atom stereocenters. The van der Waals surface area contributed by atoms with Crippen molar-refractivity contribution >= 4 is 35.8 Å². The van der Waals surface area contributed by atoms with E-state index in [0.29, 0.717) is 0 Å². The number of carbonyl (C=O) groups excluding carboxylic acids is 6. The molecule has 2 N–H and O–H groups in total. The number of ether oxygens (including phenoxy) is 6. The van der Waals surface area contributed by atoms with Gasteiger partial charge < -0.3 is 38.6 Å². The summed E-state index contributed by atoms with van der Waals surface area (Å²) in [5.74, 6) is -8.37. The predicted molar refractivity (Wildman–Crippen MR) is 187 cm³/mol. The van der Waals surface area contributed by atoms with E-state index in [9.17, 15) is 39.0 Å². The number of esters is 6. The van der Waals surface area contributed by atoms with E-state index >= 15 is 0 Å². The Kier molecular flexibility index (Phi) is 13.4. The molecule has 1 aromatic carbocycles. The lowest BCUT2D eigenvalue weighted by molar-refractivity contribution is -0.194. The average molecular weight is 745 g/mol. The Balaban J connectivity index is 2.51. The normalized spacial score (nSPS) is 33.2. The molecule has 14 heteroatoms. The van der Waals surface area contributed by atoms with Gasteiger partial charge in [-0.3, -0.25) is 24.0 Å². The van der Waals surface area contributed by atoms with Crippen molar-refractivity contribution in [3.05, 3.63) is 60.2 Å². The molecule has 1 saturated carbocycles. The number of aliphatic hydroxyl groups excluding tert-OH is 1. The fourth-order valence-corrected chi connectivity index (χ4v) is 7.30. The minimum Gasteiger partial charge on any atom is -0.459 e. The average Bonchev–Trinajstić information content (AvgIpc) is 3.26. The molecule has 0 heterocycles. The van der Waals surface area contributed by atoms with Crippen molar-refractivity contribution in [1.29, 1.82) is 0 Å². The Morgan fingerprint density at radius 1 is 0.774 bits per heavy atom. The fourth-order valence-electron chi connectivity index (χ4n) is 7.30. The molecule has 0 amide bonds. The van der Waals surface area contributed by atoms with Gasteiger partial charge >= 0.3 is 35.8 Å². The predicted octanol–water partition coefficient (Wildman–Crippen LogP) is 3.80. The van der Waals surface area contributed by atoms with E-state index in [1.807, 2.05) is 0 Å². The van der Waals surface area contributed by atoms with Gasteiger partial charge in [-0.25, -0.2) is 4.79 Å². The SMILES string of the molecule is C=C1[C@@H](OC(=O)C(C)C)[C@@H](O)[C@@H](OC(C)=O)C(C)(C)/C=C/[C@H](C)[C@H](OC(C)=O)[C@@]2(O)C[C@@](C)(OC(C)=O)[C@H](OC(=O)c3ccccc3)[C@@H]2[C@H]1OC(C)=O. The molecule has 0 bridgehead atoms. The van der Waals surface area contributed by atoms with Gasteiger partial charge in [-0.2, -0.15) is 0 Å². The molecule has 0 aliphatic heterocycles. The summed E-state index contributed by atoms with van der Waals surface area (Å²) in [6.45, 7) is 17.9. The first kappa shape index (κ1) is 42.8. The number of carbonyl (C=O) groups is 6. The molecule has 0 aromatic heterocycles. The molecule has 292 valence electrons. The van der Waals surface area contributed by atoms with Crippen LogP contribution in [0, 0.1) is 23.2 Å². The third kappa shape index (κ3) is 9.71. The standard InChI is InChI=1S/C39H52O14/c1-20(2)35(45)51-31-22(4)30(48-23(5)40)28-33(52-36(46)27-15-13-12-14-16-27)38(11,53-26(8)43)19-39(28,47)32(49-24(6)41)21(3)17-18-37(9,10)34(29(31)44)50-25(7)42/h12-18,20-21,28-34,44,47H,4,19H2,1-3,5-11H3/b18-17+/t21-,28-,29+,30-,31+,32-,33+,34+,38+,39+/m0/s1. The second-order valence-electron chi connectivity index (χ2n) is 15.0. The highest BCUT2D eigenvalue weighted by Gasteiger charge is 2.70. The number of hydrogen-bond donors (Lipinski definition) is 2. The van der Waals surface area contributed by atoms with E-state index in [4.69, 9.17) is 28.4 Å². The summed E-state index contributed by atoms with van der Waals surface area (Å²) in [7, 11) is 0. The minimum atomic E-state index is -2.36. The van der Waals surface area contributed by atoms with Crippen LogP contribution < -0.4 is 0 Å². The van der Waals surface area contributed by atoms with Gasteiger partial charge in [-0.1, -0.05) is 71.5 Å². The van der Waals surface area contributed by atoms with Crippen molar-refractivity contribution in [1.82, 2.24) is 0 Å². The Morgan fingerprint density at radius 3 is 1.83 bits per heavy atom. The highest BCUT2D eigenvalue weighted by Crippen LogP contribution is 2.54. The van der Waals surface area contributed by atoms with Crippen molar-refractivity contribution in [2.45, 2.75) is 123 Å². The molecule has 2 aliphatic carbocycles. The van der Waals surface area contributed by atoms with E-state index in [2.05, 4.69) is 6.58 Å². The maximum Gasteiger partial charge on any atom is 0.338 e. The van der Waals surface area contributed by atoms with Crippen LogP contribution in [0.4, 0.5) is 0 Å². The zero-order valence-corrected chi connectivity index (χ0v) is 31.9. The van der Waals surface area contributed by atoms with E-state index in [0.717, 1.165) is 27.7 Å². The van der Waals surface area contributed by atoms with Crippen LogP contribution in [0.15, 0.2) is 54.6 Å². The highest BCUT2D eigenvalue weighted by molar-refractivity contribution is 5.89. The maximum atomic E-state index is 13.8. The lowest BCUT2D eigenvalue weighted by atomic mass is 9.71. The first-order valence-electron chi connectivity index (χ1n) is 17.4. The van der Waals surface area contributed by atoms with Crippen LogP contribution >= 0.6 is 0 Å². The Labute approximate surface area is 309 Å². The molecular formula is C39H52O14. The molecular weight excluding hydrogens is 692 g/mol. The van der Waals surface area contributed by atoms with Crippen LogP contribution in [0.2, 0.25) is 0 Å². The van der Waals surface area contributed by atoms with Crippen molar-refractivity contribution < 1.29 is 67.4 Å². The first-order chi connectivity index (χ1) is 24.4. The quantitative estimate of drug-likeness (QED) is 0.221. The number of rotatable bonds is 8. The Morgan fingerprint density at radius 2 is 1.32 bits per heavy atom. The number of aliphatic hydroxyl groups is 2. The fraction of sp³-hybridized carbons (Fsp3) is 0.590. The molecule has 2 aliphatic rings. The lowest BCUT2D eigenvalue weighted by Crippen LogP contribution is -2.59. The second-order valence-corrected chi connectivity index (χ2v) is 15.0. The molecule has 1 fully saturated rings. The minimum absolute atomic E-state index is 0.0857. The van der Waals surface area contributed by atoms with E-state index in [1.54, 1.807) is 51.1 Å². The molecule has 0 saturated heterocycles. The van der Waals surface area contributed by atoms with Crippen molar-refractivity contribution in [3.63, 3.8) is 0 Å². The number of fused-ring (bicyclic) bond motifs is 1. The molecule has 0 spiro atoms. The summed E-state index contributed by atoms with van der Waals surface area (Å²) in [6, 6.07) is 7.80. The van der Waals surface area contributed by atoms with Crippen molar-refractivity contribution in [2.75, 3.05) is 0 Å². The molecule has 0 radical (unpaired) electrons. The van der Waals surface area contributed by atoms with Gasteiger partial charge in [-0.05, 0) is 19.1 Å². The van der Waals surface area contributed by atoms with Gasteiger partial charge in [0.1, 0.15) is 35.6 Å². The van der Waals surface area contributed by atoms with E-state index < -0.39 is 113 Å². The smallest absolute Gasteiger partial charge is 0.338 e. The zero-order chi connectivity index (χ0) is 40.2. The summed E-state index contributed by atoms with van der Waals surface area (Å²) in [5.41, 5.74) is -5.69. The Hall–Kier alpha value is -4.56. The summed E-state index contributed by atoms with van der Waals surface area (Å²) in [4.78, 5) is 78.0. The largest absolute Gasteiger partial charge is 0.459 e. The van der Waals surface area contributed by atoms with Gasteiger partial charge in [-0.15, -0.1) is 0 Å². The lowest BCUT2D eigenvalue weighted by Gasteiger charge is -2.45. The maximum absolute atomic E-state index is 13.8. The van der Waals surface area contributed by atoms with Gasteiger partial charge in [0, 0.05) is 51.0 Å². The van der Waals surface area contributed by atoms with E-state index in [-0.39, 0.29) is 11.1 Å². The summed E-state index contributed by atoms with van der Waals surface area (Å²) in [6.07, 6.45) is -7.41. The van der Waals surface area contributed by atoms with Crippen LogP contribution in [0.25, 0.3) is 0 Å². The molecule has 10 atom stereocenters. The van der Waals surface area contributed by atoms with Crippen LogP contribution in [-0.4, -0.2) is 93.9 Å². The first-order valence-corrected chi connectivity index (χ1v) is 17.4. The van der Waals surface area contributed by atoms with Gasteiger partial charge in [0.2, 0.25) is 0 Å². The summed E-state index contributed by atoms with van der Waals surface area (Å²) < 4.78 is 35.1. The molecule has 1 aromatic rings. The summed E-state index contributed by atoms with van der Waals surface area (Å²) in [5, 5.41) is 25.2. The third-order valence-corrected chi connectivity index (χ3v) is 9.56. The van der Waals surface area contributed by atoms with Crippen LogP contribution in [0.5, 0.6) is 0 Å². The molecule has 3 rings (SSSR count). The number of benzene rings is 1. The second kappa shape index (κ2) is 16.6. The molecule has 53 heavy (non-hydrogen) atoms. The van der Waals surface area contributed by atoms with Gasteiger partial charge in [0.05, 0.1) is 17.4 Å². The van der Waals surface area contributed by atoms with Crippen molar-refractivity contribution in [3.8, 4) is 0 Å². The zero-order valence-electron chi connectivity index (χ0n) is 31.9. The topological polar surface area (TPSA) is 198 Å². The van der Waals surface area contributed by atoms with Crippen LogP contribution in [0.1, 0.15) is 86.0 Å². The summed E-state index contributed by atoms with van der Waals surface area (Å²) >= 11 is 0. The van der Waals surface area contributed by atoms with Gasteiger partial charge in [0.15, 0.2) is 12.2 Å². The Bertz CT molecular complexity index is 1600. The van der Waals surface area contributed by atoms with Crippen LogP contribution in [-0.2, 0) is 52.4 Å². The van der Waals surface area contributed by atoms with Crippen molar-refractivity contribution in [2.24, 2.45) is 23.2 Å². The third-order valence-electron chi connectivity index (χ3n) is 9.56. The monoisotopic (exact) mass is 744 g/mol. The van der Waals surface area contributed by atoms with Gasteiger partial charge in [0.25, 0.3) is 0 Å². The van der Waals surface area contributed by atoms with E-state index in [1.165, 1.54) is 32.9 Å². The molecule has 14 nitrogen and oxygen atoms in total. The van der Waals surface area contributed by atoms with Crippen LogP contribution in [0.3, 0.4) is 0 Å². The number of hydrogen-bond acceptors (Lipinski definition) is 14. The highest BCUT2D eigenvalue weighted by atomic mass is 16.6.